The maximum absolute atomic E-state index is 10.5. The summed E-state index contributed by atoms with van der Waals surface area (Å²) >= 11 is 1.28. The second kappa shape index (κ2) is 4.86. The number of hydrogen-bond acceptors (Lipinski definition) is 6. The minimum absolute atomic E-state index is 0.160. The van der Waals surface area contributed by atoms with Crippen molar-refractivity contribution < 1.29 is 17.5 Å². The molecule has 0 aromatic carbocycles. The molecule has 2 aromatic rings. The van der Waals surface area contributed by atoms with Crippen molar-refractivity contribution in [2.75, 3.05) is 5.75 Å². The molecule has 2 rings (SSSR count). The molecule has 0 aliphatic carbocycles. The van der Waals surface area contributed by atoms with Gasteiger partial charge in [0.15, 0.2) is 18.9 Å². The summed E-state index contributed by atoms with van der Waals surface area (Å²) < 4.78 is 36.8. The van der Waals surface area contributed by atoms with E-state index in [1.165, 1.54) is 11.5 Å². The van der Waals surface area contributed by atoms with E-state index in [1.807, 2.05) is 12.1 Å². The molecule has 90 valence electrons. The van der Waals surface area contributed by atoms with Gasteiger partial charge in [-0.05, 0) is 11.5 Å². The van der Waals surface area contributed by atoms with Gasteiger partial charge < -0.3 is 4.55 Å². The average molecular weight is 271 g/mol. The van der Waals surface area contributed by atoms with Crippen molar-refractivity contribution in [1.82, 2.24) is 9.59 Å². The maximum atomic E-state index is 10.5. The Kier molecular flexibility index (Phi) is 3.46. The lowest BCUT2D eigenvalue weighted by molar-refractivity contribution is -0.692. The van der Waals surface area contributed by atoms with Crippen LogP contribution < -0.4 is 4.57 Å². The van der Waals surface area contributed by atoms with Crippen molar-refractivity contribution in [2.45, 2.75) is 6.54 Å². The Morgan fingerprint density at radius 3 is 2.59 bits per heavy atom. The summed E-state index contributed by atoms with van der Waals surface area (Å²) in [7, 11) is -4.16. The van der Waals surface area contributed by atoms with Crippen molar-refractivity contribution in [1.29, 1.82) is 0 Å². The highest BCUT2D eigenvalue weighted by molar-refractivity contribution is 7.85. The van der Waals surface area contributed by atoms with E-state index in [4.69, 9.17) is 0 Å². The summed E-state index contributed by atoms with van der Waals surface area (Å²) in [5.41, 5.74) is 0.959. The zero-order valence-electron chi connectivity index (χ0n) is 8.68. The summed E-state index contributed by atoms with van der Waals surface area (Å²) in [5, 5.41) is 3.73. The van der Waals surface area contributed by atoms with Crippen LogP contribution >= 0.6 is 11.5 Å². The number of aryl methyl sites for hydroxylation is 1. The average Bonchev–Trinajstić information content (AvgIpc) is 2.79. The topological polar surface area (TPSA) is 86.9 Å². The molecule has 0 amide bonds. The number of pyridine rings is 1. The highest BCUT2D eigenvalue weighted by Gasteiger charge is 2.06. The Morgan fingerprint density at radius 2 is 2.06 bits per heavy atom. The van der Waals surface area contributed by atoms with Crippen LogP contribution in [0.1, 0.15) is 0 Å². The molecule has 0 bridgehead atoms. The fourth-order valence-corrected chi connectivity index (χ4v) is 2.23. The van der Waals surface area contributed by atoms with E-state index in [9.17, 15) is 13.0 Å². The van der Waals surface area contributed by atoms with Gasteiger partial charge in [-0.1, -0.05) is 4.49 Å². The van der Waals surface area contributed by atoms with E-state index in [0.717, 1.165) is 10.4 Å². The van der Waals surface area contributed by atoms with Crippen LogP contribution in [0.15, 0.2) is 30.7 Å². The molecular formula is C9H9N3O3S2. The van der Waals surface area contributed by atoms with E-state index < -0.39 is 15.9 Å². The van der Waals surface area contributed by atoms with Gasteiger partial charge in [-0.25, -0.2) is 13.0 Å². The lowest BCUT2D eigenvalue weighted by atomic mass is 10.2. The van der Waals surface area contributed by atoms with Crippen LogP contribution in [0, 0.1) is 0 Å². The van der Waals surface area contributed by atoms with Crippen LogP contribution in [-0.4, -0.2) is 28.3 Å². The zero-order valence-corrected chi connectivity index (χ0v) is 10.3. The van der Waals surface area contributed by atoms with Gasteiger partial charge in [-0.15, -0.1) is 5.10 Å². The van der Waals surface area contributed by atoms with Gasteiger partial charge in [-0.3, -0.25) is 0 Å². The molecule has 0 fully saturated rings. The van der Waals surface area contributed by atoms with Crippen LogP contribution in [0.25, 0.3) is 10.4 Å². The standard InChI is InChI=1S/C9H9N3O3S2/c13-17(14,15)6-5-12-3-1-8(2-4-12)9-7-10-11-16-9/h1-4,7H,5-6H2. The predicted octanol–water partition coefficient (Wildman–Crippen LogP) is 0.0378. The first-order valence-electron chi connectivity index (χ1n) is 4.75. The molecule has 2 heterocycles. The number of nitrogens with zero attached hydrogens (tertiary/aromatic N) is 3. The molecule has 0 N–H and O–H groups in total. The van der Waals surface area contributed by atoms with E-state index in [2.05, 4.69) is 9.59 Å². The van der Waals surface area contributed by atoms with Crippen molar-refractivity contribution in [3.8, 4) is 10.4 Å². The Hall–Kier alpha value is -1.38. The van der Waals surface area contributed by atoms with Crippen LogP contribution in [-0.2, 0) is 16.7 Å². The van der Waals surface area contributed by atoms with Crippen LogP contribution in [0.2, 0.25) is 0 Å². The van der Waals surface area contributed by atoms with E-state index in [0.29, 0.717) is 0 Å². The van der Waals surface area contributed by atoms with Crippen LogP contribution in [0.4, 0.5) is 0 Å². The van der Waals surface area contributed by atoms with Gasteiger partial charge in [0, 0.05) is 17.7 Å². The molecule has 0 saturated carbocycles. The lowest BCUT2D eigenvalue weighted by Crippen LogP contribution is -2.36. The summed E-state index contributed by atoms with van der Waals surface area (Å²) in [6.45, 7) is 0.160. The maximum Gasteiger partial charge on any atom is 0.169 e. The van der Waals surface area contributed by atoms with Gasteiger partial charge in [0.05, 0.1) is 16.8 Å². The number of aromatic nitrogens is 3. The van der Waals surface area contributed by atoms with Crippen LogP contribution in [0.3, 0.4) is 0 Å². The fraction of sp³-hybridized carbons (Fsp3) is 0.222. The van der Waals surface area contributed by atoms with Gasteiger partial charge in [0.1, 0.15) is 10.1 Å². The first kappa shape index (κ1) is 12.1. The molecule has 17 heavy (non-hydrogen) atoms. The number of rotatable bonds is 4. The van der Waals surface area contributed by atoms with E-state index in [-0.39, 0.29) is 6.54 Å². The van der Waals surface area contributed by atoms with Gasteiger partial charge >= 0.3 is 0 Å². The SMILES string of the molecule is O=S(=O)([O-])CC[n+]1ccc(-c2cnns2)cc1. The summed E-state index contributed by atoms with van der Waals surface area (Å²) in [6, 6.07) is 3.65. The van der Waals surface area contributed by atoms with Crippen molar-refractivity contribution >= 4 is 21.7 Å². The third-order valence-electron chi connectivity index (χ3n) is 2.14. The van der Waals surface area contributed by atoms with E-state index in [1.54, 1.807) is 23.2 Å². The minimum Gasteiger partial charge on any atom is -0.748 e. The molecule has 0 aliphatic rings. The quantitative estimate of drug-likeness (QED) is 0.578. The zero-order chi connectivity index (χ0) is 12.3. The minimum atomic E-state index is -4.16. The molecular weight excluding hydrogens is 262 g/mol. The summed E-state index contributed by atoms with van der Waals surface area (Å²) in [5.74, 6) is -0.404. The van der Waals surface area contributed by atoms with Crippen molar-refractivity contribution in [3.05, 3.63) is 30.7 Å². The molecule has 0 saturated heterocycles. The van der Waals surface area contributed by atoms with Gasteiger partial charge in [0.2, 0.25) is 0 Å². The largest absolute Gasteiger partial charge is 0.748 e. The molecule has 8 heteroatoms. The Balaban J connectivity index is 2.09. The molecule has 0 unspecified atom stereocenters. The van der Waals surface area contributed by atoms with Crippen molar-refractivity contribution in [3.63, 3.8) is 0 Å². The Morgan fingerprint density at radius 1 is 1.35 bits per heavy atom. The lowest BCUT2D eigenvalue weighted by Gasteiger charge is -2.03. The smallest absolute Gasteiger partial charge is 0.169 e. The monoisotopic (exact) mass is 271 g/mol. The summed E-state index contributed by atoms with van der Waals surface area (Å²) in [6.07, 6.45) is 5.10. The van der Waals surface area contributed by atoms with Crippen LogP contribution in [0.5, 0.6) is 0 Å². The molecule has 0 aliphatic heterocycles. The second-order valence-electron chi connectivity index (χ2n) is 3.37. The van der Waals surface area contributed by atoms with Crippen molar-refractivity contribution in [2.24, 2.45) is 0 Å². The highest BCUT2D eigenvalue weighted by Crippen LogP contribution is 2.19. The van der Waals surface area contributed by atoms with E-state index >= 15 is 0 Å². The fourth-order valence-electron chi connectivity index (χ4n) is 1.28. The molecule has 0 atom stereocenters. The van der Waals surface area contributed by atoms with Gasteiger partial charge in [0.25, 0.3) is 0 Å². The highest BCUT2D eigenvalue weighted by atomic mass is 32.2. The number of hydrogen-bond donors (Lipinski definition) is 0. The molecule has 0 spiro atoms. The molecule has 0 radical (unpaired) electrons. The third-order valence-corrected chi connectivity index (χ3v) is 3.53. The first-order chi connectivity index (χ1) is 8.04. The third kappa shape index (κ3) is 3.55. The first-order valence-corrected chi connectivity index (χ1v) is 7.10. The van der Waals surface area contributed by atoms with Gasteiger partial charge in [-0.2, -0.15) is 0 Å². The predicted molar refractivity (Wildman–Crippen MR) is 60.1 cm³/mol. The summed E-state index contributed by atoms with van der Waals surface area (Å²) in [4.78, 5) is 0.939. The molecule has 2 aromatic heterocycles. The Labute approximate surface area is 102 Å². The Bertz CT molecular complexity index is 578. The normalized spacial score (nSPS) is 11.6. The molecule has 6 nitrogen and oxygen atoms in total. The second-order valence-corrected chi connectivity index (χ2v) is 5.68.